The molecule has 3 rings (SSSR count). The summed E-state index contributed by atoms with van der Waals surface area (Å²) in [6, 6.07) is 9.51. The van der Waals surface area contributed by atoms with Gasteiger partial charge in [-0.2, -0.15) is 5.10 Å². The Morgan fingerprint density at radius 2 is 2.04 bits per heavy atom. The Hall–Kier alpha value is -2.89. The number of benzene rings is 1. The number of aromatic nitrogens is 3. The van der Waals surface area contributed by atoms with Crippen molar-refractivity contribution in [3.63, 3.8) is 0 Å². The summed E-state index contributed by atoms with van der Waals surface area (Å²) in [5, 5.41) is 7.92. The van der Waals surface area contributed by atoms with Crippen LogP contribution in [0, 0.1) is 0 Å². The average Bonchev–Trinajstić information content (AvgIpc) is 3.21. The van der Waals surface area contributed by atoms with Crippen LogP contribution in [0.1, 0.15) is 15.9 Å². The topological polar surface area (TPSA) is 64.2 Å². The first-order chi connectivity index (χ1) is 11.1. The smallest absolute Gasteiger partial charge is 0.259 e. The molecule has 0 unspecified atom stereocenters. The van der Waals surface area contributed by atoms with Crippen molar-refractivity contribution < 1.29 is 9.32 Å². The molecule has 0 aliphatic rings. The third kappa shape index (κ3) is 3.31. The summed E-state index contributed by atoms with van der Waals surface area (Å²) in [6.45, 7) is 0.601. The third-order valence-electron chi connectivity index (χ3n) is 3.68. The van der Waals surface area contributed by atoms with E-state index in [1.165, 1.54) is 6.20 Å². The average molecular weight is 310 g/mol. The minimum atomic E-state index is -0.103. The lowest BCUT2D eigenvalue weighted by molar-refractivity contribution is 0.0797. The van der Waals surface area contributed by atoms with Crippen molar-refractivity contribution in [3.05, 3.63) is 60.0 Å². The van der Waals surface area contributed by atoms with Crippen molar-refractivity contribution in [2.45, 2.75) is 6.42 Å². The van der Waals surface area contributed by atoms with E-state index in [0.717, 1.165) is 17.5 Å². The molecule has 0 saturated heterocycles. The van der Waals surface area contributed by atoms with Gasteiger partial charge in [-0.1, -0.05) is 35.5 Å². The van der Waals surface area contributed by atoms with Crippen molar-refractivity contribution >= 4 is 5.91 Å². The Kier molecular flexibility index (Phi) is 4.23. The maximum atomic E-state index is 12.6. The SMILES string of the molecule is CN(CCc1cnn(C)c1)C(=O)c1cnoc1-c1ccccc1. The second-order valence-electron chi connectivity index (χ2n) is 5.43. The maximum Gasteiger partial charge on any atom is 0.259 e. The Morgan fingerprint density at radius 1 is 1.26 bits per heavy atom. The Bertz CT molecular complexity index is 792. The van der Waals surface area contributed by atoms with Gasteiger partial charge in [-0.3, -0.25) is 9.48 Å². The molecule has 6 heteroatoms. The molecule has 1 amide bonds. The zero-order chi connectivity index (χ0) is 16.2. The third-order valence-corrected chi connectivity index (χ3v) is 3.68. The molecular weight excluding hydrogens is 292 g/mol. The van der Waals surface area contributed by atoms with Crippen molar-refractivity contribution in [2.24, 2.45) is 7.05 Å². The van der Waals surface area contributed by atoms with Crippen LogP contribution in [0.2, 0.25) is 0 Å². The Labute approximate surface area is 134 Å². The van der Waals surface area contributed by atoms with Gasteiger partial charge in [0, 0.05) is 32.4 Å². The Balaban J connectivity index is 1.72. The molecule has 0 fully saturated rings. The lowest BCUT2D eigenvalue weighted by Crippen LogP contribution is -2.28. The lowest BCUT2D eigenvalue weighted by atomic mass is 10.1. The molecule has 0 aliphatic carbocycles. The number of hydrogen-bond donors (Lipinski definition) is 0. The zero-order valence-electron chi connectivity index (χ0n) is 13.1. The van der Waals surface area contributed by atoms with Crippen LogP contribution < -0.4 is 0 Å². The second kappa shape index (κ2) is 6.48. The van der Waals surface area contributed by atoms with Crippen molar-refractivity contribution in [1.82, 2.24) is 19.8 Å². The van der Waals surface area contributed by atoms with E-state index >= 15 is 0 Å². The molecular formula is C17H18N4O2. The highest BCUT2D eigenvalue weighted by Gasteiger charge is 2.20. The van der Waals surface area contributed by atoms with Gasteiger partial charge in [-0.25, -0.2) is 0 Å². The van der Waals surface area contributed by atoms with Crippen molar-refractivity contribution in [3.8, 4) is 11.3 Å². The van der Waals surface area contributed by atoms with E-state index in [1.54, 1.807) is 16.6 Å². The summed E-state index contributed by atoms with van der Waals surface area (Å²) in [5.41, 5.74) is 2.42. The molecule has 0 saturated carbocycles. The molecule has 0 atom stereocenters. The summed E-state index contributed by atoms with van der Waals surface area (Å²) in [6.07, 6.45) is 5.99. The van der Waals surface area contributed by atoms with Gasteiger partial charge in [0.05, 0.1) is 12.4 Å². The quantitative estimate of drug-likeness (QED) is 0.726. The number of likely N-dealkylation sites (N-methyl/N-ethyl adjacent to an activating group) is 1. The van der Waals surface area contributed by atoms with Gasteiger partial charge in [-0.05, 0) is 12.0 Å². The van der Waals surface area contributed by atoms with E-state index in [1.807, 2.05) is 49.8 Å². The number of amides is 1. The van der Waals surface area contributed by atoms with E-state index in [9.17, 15) is 4.79 Å². The predicted octanol–water partition coefficient (Wildman–Crippen LogP) is 2.39. The van der Waals surface area contributed by atoms with Crippen LogP contribution in [0.15, 0.2) is 53.4 Å². The van der Waals surface area contributed by atoms with Crippen LogP contribution >= 0.6 is 0 Å². The van der Waals surface area contributed by atoms with Crippen molar-refractivity contribution in [2.75, 3.05) is 13.6 Å². The maximum absolute atomic E-state index is 12.6. The highest BCUT2D eigenvalue weighted by atomic mass is 16.5. The number of rotatable bonds is 5. The van der Waals surface area contributed by atoms with Gasteiger partial charge in [0.1, 0.15) is 5.56 Å². The number of hydrogen-bond acceptors (Lipinski definition) is 4. The first-order valence-corrected chi connectivity index (χ1v) is 7.38. The summed E-state index contributed by atoms with van der Waals surface area (Å²) in [4.78, 5) is 14.3. The highest BCUT2D eigenvalue weighted by Crippen LogP contribution is 2.24. The lowest BCUT2D eigenvalue weighted by Gasteiger charge is -2.16. The van der Waals surface area contributed by atoms with Crippen LogP contribution in [0.25, 0.3) is 11.3 Å². The first kappa shape index (κ1) is 15.0. The zero-order valence-corrected chi connectivity index (χ0v) is 13.1. The molecule has 0 spiro atoms. The van der Waals surface area contributed by atoms with E-state index < -0.39 is 0 Å². The summed E-state index contributed by atoms with van der Waals surface area (Å²) in [5.74, 6) is 0.401. The van der Waals surface area contributed by atoms with Gasteiger partial charge >= 0.3 is 0 Å². The van der Waals surface area contributed by atoms with Crippen molar-refractivity contribution in [1.29, 1.82) is 0 Å². The molecule has 118 valence electrons. The summed E-state index contributed by atoms with van der Waals surface area (Å²) in [7, 11) is 3.65. The molecule has 0 N–H and O–H groups in total. The van der Waals surface area contributed by atoms with E-state index in [4.69, 9.17) is 4.52 Å². The number of nitrogens with zero attached hydrogens (tertiary/aromatic N) is 4. The summed E-state index contributed by atoms with van der Waals surface area (Å²) >= 11 is 0. The molecule has 2 aromatic heterocycles. The molecule has 0 aliphatic heterocycles. The standard InChI is InChI=1S/C17H18N4O2/c1-20(9-8-13-10-18-21(2)12-13)17(22)15-11-19-23-16(15)14-6-4-3-5-7-14/h3-7,10-12H,8-9H2,1-2H3. The molecule has 23 heavy (non-hydrogen) atoms. The van der Waals surface area contributed by atoms with Crippen LogP contribution in [-0.2, 0) is 13.5 Å². The molecule has 3 aromatic rings. The number of carbonyl (C=O) groups is 1. The van der Waals surface area contributed by atoms with E-state index in [-0.39, 0.29) is 5.91 Å². The van der Waals surface area contributed by atoms with Gasteiger partial charge < -0.3 is 9.42 Å². The molecule has 6 nitrogen and oxygen atoms in total. The number of carbonyl (C=O) groups excluding carboxylic acids is 1. The molecule has 0 bridgehead atoms. The minimum absolute atomic E-state index is 0.103. The normalized spacial score (nSPS) is 10.7. The molecule has 2 heterocycles. The fraction of sp³-hybridized carbons (Fsp3) is 0.235. The monoisotopic (exact) mass is 310 g/mol. The van der Waals surface area contributed by atoms with E-state index in [0.29, 0.717) is 17.9 Å². The first-order valence-electron chi connectivity index (χ1n) is 7.38. The van der Waals surface area contributed by atoms with E-state index in [2.05, 4.69) is 10.3 Å². The van der Waals surface area contributed by atoms with Gasteiger partial charge in [0.15, 0.2) is 5.76 Å². The Morgan fingerprint density at radius 3 is 2.74 bits per heavy atom. The second-order valence-corrected chi connectivity index (χ2v) is 5.43. The molecule has 0 radical (unpaired) electrons. The predicted molar refractivity (Wildman–Crippen MR) is 85.8 cm³/mol. The minimum Gasteiger partial charge on any atom is -0.355 e. The van der Waals surface area contributed by atoms with Crippen LogP contribution in [0.4, 0.5) is 0 Å². The molecule has 1 aromatic carbocycles. The van der Waals surface area contributed by atoms with Crippen LogP contribution in [0.5, 0.6) is 0 Å². The van der Waals surface area contributed by atoms with Gasteiger partial charge in [-0.15, -0.1) is 0 Å². The fourth-order valence-electron chi connectivity index (χ4n) is 2.39. The highest BCUT2D eigenvalue weighted by molar-refractivity contribution is 5.99. The number of aryl methyl sites for hydroxylation is 1. The van der Waals surface area contributed by atoms with Crippen LogP contribution in [-0.4, -0.2) is 39.3 Å². The largest absolute Gasteiger partial charge is 0.355 e. The van der Waals surface area contributed by atoms with Crippen LogP contribution in [0.3, 0.4) is 0 Å². The van der Waals surface area contributed by atoms with Gasteiger partial charge in [0.2, 0.25) is 0 Å². The summed E-state index contributed by atoms with van der Waals surface area (Å²) < 4.78 is 7.03. The van der Waals surface area contributed by atoms with Gasteiger partial charge in [0.25, 0.3) is 5.91 Å². The fourth-order valence-corrected chi connectivity index (χ4v) is 2.39.